The molecule has 0 fully saturated rings. The minimum atomic E-state index is -0.653. The van der Waals surface area contributed by atoms with Crippen molar-refractivity contribution >= 4 is 63.5 Å². The van der Waals surface area contributed by atoms with E-state index in [0.29, 0.717) is 34.0 Å². The second-order valence-electron chi connectivity index (χ2n) is 12.7. The number of hydrogen-bond donors (Lipinski definition) is 0. The molecule has 0 amide bonds. The highest BCUT2D eigenvalue weighted by Gasteiger charge is 2.26. The first-order valence-corrected chi connectivity index (χ1v) is 21.1. The van der Waals surface area contributed by atoms with Gasteiger partial charge < -0.3 is 0 Å². The molecule has 4 heteroatoms. The van der Waals surface area contributed by atoms with Crippen molar-refractivity contribution in [1.29, 1.82) is 0 Å². The average Bonchev–Trinajstić information content (AvgIpc) is 2.84. The van der Waals surface area contributed by atoms with Gasteiger partial charge in [-0.05, 0) is 91.9 Å². The van der Waals surface area contributed by atoms with Gasteiger partial charge in [0.05, 0.1) is 0 Å². The van der Waals surface area contributed by atoms with Crippen molar-refractivity contribution in [3.05, 3.63) is 72.8 Å². The molecule has 0 bridgehead atoms. The third kappa shape index (κ3) is 8.26. The van der Waals surface area contributed by atoms with Gasteiger partial charge in [-0.3, -0.25) is 0 Å². The fourth-order valence-corrected chi connectivity index (χ4v) is 17.9. The molecule has 0 saturated carbocycles. The van der Waals surface area contributed by atoms with Crippen LogP contribution in [0.15, 0.2) is 72.8 Å². The number of rotatable bonds is 12. The van der Waals surface area contributed by atoms with Gasteiger partial charge in [0, 0.05) is 0 Å². The smallest absolute Gasteiger partial charge is 0.0134 e. The van der Waals surface area contributed by atoms with Crippen molar-refractivity contribution < 1.29 is 0 Å². The summed E-state index contributed by atoms with van der Waals surface area (Å²) in [6.45, 7) is 28.9. The van der Waals surface area contributed by atoms with Crippen molar-refractivity contribution in [3.63, 3.8) is 0 Å². The Morgan fingerprint density at radius 1 is 0.325 bits per heavy atom. The first kappa shape index (κ1) is 33.9. The minimum absolute atomic E-state index is 0.203. The largest absolute Gasteiger partial charge is 0.0700 e. The molecule has 40 heavy (non-hydrogen) atoms. The number of benzene rings is 3. The molecular weight excluding hydrogens is 556 g/mol. The Morgan fingerprint density at radius 2 is 0.525 bits per heavy atom. The second kappa shape index (κ2) is 15.2. The molecule has 3 rings (SSSR count). The Bertz CT molecular complexity index is 1040. The van der Waals surface area contributed by atoms with Gasteiger partial charge in [-0.2, -0.15) is 0 Å². The van der Waals surface area contributed by atoms with Crippen LogP contribution in [0.4, 0.5) is 0 Å². The first-order valence-electron chi connectivity index (χ1n) is 15.3. The van der Waals surface area contributed by atoms with Gasteiger partial charge in [-0.15, -0.1) is 0 Å². The zero-order valence-corrected chi connectivity index (χ0v) is 30.8. The zero-order chi connectivity index (χ0) is 29.7. The van der Waals surface area contributed by atoms with Gasteiger partial charge in [0.1, 0.15) is 0 Å². The molecule has 0 spiro atoms. The van der Waals surface area contributed by atoms with Crippen LogP contribution in [0.3, 0.4) is 0 Å². The van der Waals surface area contributed by atoms with Crippen LogP contribution in [0.2, 0.25) is 0 Å². The maximum Gasteiger partial charge on any atom is -0.0134 e. The summed E-state index contributed by atoms with van der Waals surface area (Å²) in [5, 5.41) is 9.22. The second-order valence-corrected chi connectivity index (χ2v) is 25.1. The highest BCUT2D eigenvalue weighted by atomic mass is 31.1. The molecule has 0 atom stereocenters. The molecule has 0 aliphatic carbocycles. The molecule has 3 aromatic rings. The Balaban J connectivity index is 2.26. The summed E-state index contributed by atoms with van der Waals surface area (Å²) in [5.41, 5.74) is 4.11. The lowest BCUT2D eigenvalue weighted by molar-refractivity contribution is 1.02. The summed E-state index contributed by atoms with van der Waals surface area (Å²) < 4.78 is 0. The SMILES string of the molecule is CC(C)P(c1cccc(P(c2cccc(P(C(C)C)C(C)C)c2)c2cccc(P(C(C)C)C(C)C)c2)c1)C(C)C. The van der Waals surface area contributed by atoms with Crippen molar-refractivity contribution in [2.45, 2.75) is 117 Å². The summed E-state index contributed by atoms with van der Waals surface area (Å²) in [5.74, 6) is 0. The average molecular weight is 611 g/mol. The summed E-state index contributed by atoms with van der Waals surface area (Å²) in [6.07, 6.45) is 0. The van der Waals surface area contributed by atoms with Crippen LogP contribution in [-0.4, -0.2) is 34.0 Å². The van der Waals surface area contributed by atoms with Gasteiger partial charge in [-0.25, -0.2) is 0 Å². The van der Waals surface area contributed by atoms with E-state index < -0.39 is 7.92 Å². The fourth-order valence-electron chi connectivity index (χ4n) is 6.40. The van der Waals surface area contributed by atoms with Gasteiger partial charge in [-0.1, -0.05) is 161 Å². The standard InChI is InChI=1S/C36H54P4/c1-25(2)37(26(3)4)31-16-13-19-34(22-31)40(35-20-14-17-32(23-35)38(27(5)6)28(7)8)36-21-15-18-33(24-36)39(29(9)10)30(11)12/h13-30H,1-12H3. The number of hydrogen-bond acceptors (Lipinski definition) is 0. The lowest BCUT2D eigenvalue weighted by Gasteiger charge is -2.30. The topological polar surface area (TPSA) is 0 Å². The predicted molar refractivity (Wildman–Crippen MR) is 196 cm³/mol. The summed E-state index contributed by atoms with van der Waals surface area (Å²) in [4.78, 5) is 0. The van der Waals surface area contributed by atoms with Crippen LogP contribution in [0.1, 0.15) is 83.1 Å². The molecule has 3 aromatic carbocycles. The molecule has 0 nitrogen and oxygen atoms in total. The first-order chi connectivity index (χ1) is 18.8. The van der Waals surface area contributed by atoms with Crippen LogP contribution < -0.4 is 31.8 Å². The molecule has 0 radical (unpaired) electrons. The normalized spacial score (nSPS) is 12.8. The van der Waals surface area contributed by atoms with Crippen LogP contribution in [0, 0.1) is 0 Å². The van der Waals surface area contributed by atoms with Crippen molar-refractivity contribution in [3.8, 4) is 0 Å². The Labute approximate surface area is 252 Å². The molecule has 218 valence electrons. The highest BCUT2D eigenvalue weighted by molar-refractivity contribution is 7.80. The van der Waals surface area contributed by atoms with E-state index in [9.17, 15) is 0 Å². The van der Waals surface area contributed by atoms with Crippen LogP contribution in [0.5, 0.6) is 0 Å². The summed E-state index contributed by atoms with van der Waals surface area (Å²) >= 11 is 0. The Hall–Kier alpha value is -0.620. The molecule has 0 N–H and O–H groups in total. The molecular formula is C36H54P4. The third-order valence-electron chi connectivity index (χ3n) is 7.50. The zero-order valence-electron chi connectivity index (χ0n) is 27.2. The van der Waals surface area contributed by atoms with E-state index in [1.54, 1.807) is 15.9 Å². The molecule has 0 aliphatic heterocycles. The third-order valence-corrected chi connectivity index (χ3v) is 19.2. The van der Waals surface area contributed by atoms with Crippen molar-refractivity contribution in [1.82, 2.24) is 0 Å². The van der Waals surface area contributed by atoms with E-state index in [2.05, 4.69) is 156 Å². The summed E-state index contributed by atoms with van der Waals surface area (Å²) in [7, 11) is -1.26. The monoisotopic (exact) mass is 610 g/mol. The predicted octanol–water partition coefficient (Wildman–Crippen LogP) is 9.22. The van der Waals surface area contributed by atoms with Gasteiger partial charge in [0.25, 0.3) is 0 Å². The van der Waals surface area contributed by atoms with Gasteiger partial charge in [0.15, 0.2) is 0 Å². The van der Waals surface area contributed by atoms with Crippen LogP contribution >= 0.6 is 31.7 Å². The van der Waals surface area contributed by atoms with Gasteiger partial charge in [0.2, 0.25) is 0 Å². The quantitative estimate of drug-likeness (QED) is 0.179. The van der Waals surface area contributed by atoms with E-state index >= 15 is 0 Å². The molecule has 0 saturated heterocycles. The maximum absolute atomic E-state index is 2.60. The van der Waals surface area contributed by atoms with E-state index in [0.717, 1.165) is 0 Å². The lowest BCUT2D eigenvalue weighted by atomic mass is 10.3. The van der Waals surface area contributed by atoms with Crippen LogP contribution in [-0.2, 0) is 0 Å². The van der Waals surface area contributed by atoms with Crippen LogP contribution in [0.25, 0.3) is 0 Å². The maximum atomic E-state index is 2.60. The minimum Gasteiger partial charge on any atom is -0.0700 e. The molecule has 0 heterocycles. The van der Waals surface area contributed by atoms with E-state index in [-0.39, 0.29) is 23.8 Å². The van der Waals surface area contributed by atoms with Crippen molar-refractivity contribution in [2.75, 3.05) is 0 Å². The fraction of sp³-hybridized carbons (Fsp3) is 0.500. The van der Waals surface area contributed by atoms with E-state index in [1.807, 2.05) is 0 Å². The van der Waals surface area contributed by atoms with Crippen molar-refractivity contribution in [2.24, 2.45) is 0 Å². The molecule has 0 aliphatic rings. The Morgan fingerprint density at radius 3 is 0.725 bits per heavy atom. The van der Waals surface area contributed by atoms with E-state index in [1.165, 1.54) is 15.9 Å². The van der Waals surface area contributed by atoms with E-state index in [4.69, 9.17) is 0 Å². The van der Waals surface area contributed by atoms with Gasteiger partial charge >= 0.3 is 0 Å². The molecule has 0 aromatic heterocycles. The highest BCUT2D eigenvalue weighted by Crippen LogP contribution is 2.48. The molecule has 0 unspecified atom stereocenters. The lowest BCUT2D eigenvalue weighted by Crippen LogP contribution is -2.28. The Kier molecular flexibility index (Phi) is 12.9. The summed E-state index contributed by atoms with van der Waals surface area (Å²) in [6, 6.07) is 29.3.